The Bertz CT molecular complexity index is 1390. The second kappa shape index (κ2) is 9.30. The van der Waals surface area contributed by atoms with E-state index in [4.69, 9.17) is 18.9 Å². The number of anilines is 1. The molecule has 1 saturated heterocycles. The number of methoxy groups -OCH3 is 2. The maximum atomic E-state index is 13.5. The first-order valence-electron chi connectivity index (χ1n) is 11.4. The van der Waals surface area contributed by atoms with Crippen LogP contribution in [-0.2, 0) is 9.59 Å². The van der Waals surface area contributed by atoms with E-state index < -0.39 is 17.7 Å². The van der Waals surface area contributed by atoms with Gasteiger partial charge in [0.25, 0.3) is 11.7 Å². The smallest absolute Gasteiger partial charge is 0.300 e. The van der Waals surface area contributed by atoms with Crippen molar-refractivity contribution in [3.05, 3.63) is 82.9 Å². The highest BCUT2D eigenvalue weighted by molar-refractivity contribution is 6.51. The Morgan fingerprint density at radius 2 is 1.72 bits per heavy atom. The number of hydrogen-bond donors (Lipinski definition) is 1. The minimum Gasteiger partial charge on any atom is -0.507 e. The molecule has 1 atom stereocenters. The SMILES string of the molecule is COc1cccc(C2/C(=C(\O)c3cc(C)ccc3OC)C(=O)C(=O)N2c2ccc3c(c2)OCCO3)c1. The van der Waals surface area contributed by atoms with Crippen molar-refractivity contribution >= 4 is 23.1 Å². The molecule has 2 aliphatic rings. The summed E-state index contributed by atoms with van der Waals surface area (Å²) in [7, 11) is 3.02. The summed E-state index contributed by atoms with van der Waals surface area (Å²) in [5.74, 6) is 0.0732. The van der Waals surface area contributed by atoms with Crippen molar-refractivity contribution in [3.63, 3.8) is 0 Å². The minimum absolute atomic E-state index is 0.0490. The van der Waals surface area contributed by atoms with Crippen LogP contribution < -0.4 is 23.8 Å². The standard InChI is InChI=1S/C28H25NO7/c1-16-7-9-21(34-3)20(13-16)26(30)24-25(17-5-4-6-19(14-17)33-2)29(28(32)27(24)31)18-8-10-22-23(15-18)36-12-11-35-22/h4-10,13-15,25,30H,11-12H2,1-3H3/b26-24+. The maximum absolute atomic E-state index is 13.5. The molecule has 0 radical (unpaired) electrons. The van der Waals surface area contributed by atoms with Crippen LogP contribution in [0.5, 0.6) is 23.0 Å². The van der Waals surface area contributed by atoms with Crippen molar-refractivity contribution in [1.29, 1.82) is 0 Å². The zero-order valence-electron chi connectivity index (χ0n) is 20.1. The van der Waals surface area contributed by atoms with Gasteiger partial charge >= 0.3 is 0 Å². The van der Waals surface area contributed by atoms with Crippen LogP contribution in [0.4, 0.5) is 5.69 Å². The Kier molecular flexibility index (Phi) is 6.01. The number of hydrogen-bond acceptors (Lipinski definition) is 7. The second-order valence-corrected chi connectivity index (χ2v) is 8.48. The first-order chi connectivity index (χ1) is 17.4. The molecule has 1 amide bonds. The predicted molar refractivity (Wildman–Crippen MR) is 133 cm³/mol. The molecule has 0 aliphatic carbocycles. The van der Waals surface area contributed by atoms with E-state index in [1.807, 2.05) is 13.0 Å². The van der Waals surface area contributed by atoms with Gasteiger partial charge in [-0.1, -0.05) is 23.8 Å². The quantitative estimate of drug-likeness (QED) is 0.324. The predicted octanol–water partition coefficient (Wildman–Crippen LogP) is 4.41. The number of aliphatic hydroxyl groups excluding tert-OH is 1. The van der Waals surface area contributed by atoms with E-state index in [0.717, 1.165) is 5.56 Å². The van der Waals surface area contributed by atoms with Crippen LogP contribution in [0.15, 0.2) is 66.2 Å². The summed E-state index contributed by atoms with van der Waals surface area (Å²) in [5.41, 5.74) is 2.16. The van der Waals surface area contributed by atoms with E-state index in [1.54, 1.807) is 54.6 Å². The Morgan fingerprint density at radius 1 is 0.944 bits per heavy atom. The van der Waals surface area contributed by atoms with Gasteiger partial charge in [0.2, 0.25) is 0 Å². The van der Waals surface area contributed by atoms with Crippen molar-refractivity contribution in [2.75, 3.05) is 32.3 Å². The highest BCUT2D eigenvalue weighted by atomic mass is 16.6. The average molecular weight is 488 g/mol. The maximum Gasteiger partial charge on any atom is 0.300 e. The Balaban J connectivity index is 1.74. The van der Waals surface area contributed by atoms with Crippen LogP contribution in [0.2, 0.25) is 0 Å². The van der Waals surface area contributed by atoms with Crippen molar-refractivity contribution < 1.29 is 33.6 Å². The molecular weight excluding hydrogens is 462 g/mol. The molecule has 0 spiro atoms. The lowest BCUT2D eigenvalue weighted by atomic mass is 9.94. The minimum atomic E-state index is -0.923. The molecule has 5 rings (SSSR count). The van der Waals surface area contributed by atoms with E-state index in [0.29, 0.717) is 53.0 Å². The third-order valence-corrected chi connectivity index (χ3v) is 6.27. The number of rotatable bonds is 5. The van der Waals surface area contributed by atoms with Crippen molar-refractivity contribution in [2.24, 2.45) is 0 Å². The highest BCUT2D eigenvalue weighted by Gasteiger charge is 2.47. The normalized spacial score (nSPS) is 18.3. The van der Waals surface area contributed by atoms with Gasteiger partial charge in [-0.3, -0.25) is 14.5 Å². The van der Waals surface area contributed by atoms with Crippen molar-refractivity contribution in [1.82, 2.24) is 0 Å². The molecule has 1 fully saturated rings. The molecule has 3 aromatic carbocycles. The number of benzene rings is 3. The van der Waals surface area contributed by atoms with E-state index in [2.05, 4.69) is 0 Å². The summed E-state index contributed by atoms with van der Waals surface area (Å²) < 4.78 is 22.1. The number of ether oxygens (including phenoxy) is 4. The molecule has 36 heavy (non-hydrogen) atoms. The fourth-order valence-electron chi connectivity index (χ4n) is 4.56. The lowest BCUT2D eigenvalue weighted by Gasteiger charge is -2.27. The number of nitrogens with zero attached hydrogens (tertiary/aromatic N) is 1. The molecule has 8 nitrogen and oxygen atoms in total. The summed E-state index contributed by atoms with van der Waals surface area (Å²) in [4.78, 5) is 28.3. The van der Waals surface area contributed by atoms with Crippen LogP contribution in [-0.4, -0.2) is 44.2 Å². The zero-order valence-corrected chi connectivity index (χ0v) is 20.1. The monoisotopic (exact) mass is 487 g/mol. The van der Waals surface area contributed by atoms with E-state index in [-0.39, 0.29) is 11.3 Å². The molecule has 0 saturated carbocycles. The summed E-state index contributed by atoms with van der Waals surface area (Å²) >= 11 is 0. The van der Waals surface area contributed by atoms with Gasteiger partial charge in [-0.05, 0) is 48.9 Å². The summed E-state index contributed by atoms with van der Waals surface area (Å²) in [6.45, 7) is 2.67. The third kappa shape index (κ3) is 3.90. The van der Waals surface area contributed by atoms with E-state index >= 15 is 0 Å². The number of fused-ring (bicyclic) bond motifs is 1. The van der Waals surface area contributed by atoms with Gasteiger partial charge in [-0.15, -0.1) is 0 Å². The molecule has 184 valence electrons. The van der Waals surface area contributed by atoms with Gasteiger partial charge in [0.1, 0.15) is 30.5 Å². The first-order valence-corrected chi connectivity index (χ1v) is 11.4. The van der Waals surface area contributed by atoms with E-state index in [9.17, 15) is 14.7 Å². The number of carbonyl (C=O) groups excluding carboxylic acids is 2. The molecule has 3 aromatic rings. The van der Waals surface area contributed by atoms with Crippen molar-refractivity contribution in [2.45, 2.75) is 13.0 Å². The topological polar surface area (TPSA) is 94.5 Å². The lowest BCUT2D eigenvalue weighted by Crippen LogP contribution is -2.29. The van der Waals surface area contributed by atoms with Gasteiger partial charge in [-0.25, -0.2) is 0 Å². The zero-order chi connectivity index (χ0) is 25.4. The lowest BCUT2D eigenvalue weighted by molar-refractivity contribution is -0.132. The Morgan fingerprint density at radius 3 is 2.47 bits per heavy atom. The Hall–Kier alpha value is -4.46. The molecule has 0 bridgehead atoms. The largest absolute Gasteiger partial charge is 0.507 e. The summed E-state index contributed by atoms with van der Waals surface area (Å²) in [6.07, 6.45) is 0. The number of ketones is 1. The van der Waals surface area contributed by atoms with Crippen LogP contribution in [0.25, 0.3) is 5.76 Å². The highest BCUT2D eigenvalue weighted by Crippen LogP contribution is 2.45. The first kappa shape index (κ1) is 23.3. The third-order valence-electron chi connectivity index (χ3n) is 6.27. The summed E-state index contributed by atoms with van der Waals surface area (Å²) in [5, 5.41) is 11.5. The van der Waals surface area contributed by atoms with Crippen LogP contribution in [0.1, 0.15) is 22.7 Å². The van der Waals surface area contributed by atoms with Crippen LogP contribution in [0.3, 0.4) is 0 Å². The van der Waals surface area contributed by atoms with Gasteiger partial charge in [0.05, 0.1) is 31.4 Å². The number of aliphatic hydroxyl groups is 1. The van der Waals surface area contributed by atoms with E-state index in [1.165, 1.54) is 19.1 Å². The van der Waals surface area contributed by atoms with Gasteiger partial charge in [0, 0.05) is 11.8 Å². The van der Waals surface area contributed by atoms with Crippen molar-refractivity contribution in [3.8, 4) is 23.0 Å². The van der Waals surface area contributed by atoms with Gasteiger partial charge in [-0.2, -0.15) is 0 Å². The number of carbonyl (C=O) groups is 2. The average Bonchev–Trinajstić information content (AvgIpc) is 3.18. The fraction of sp³-hybridized carbons (Fsp3) is 0.214. The summed E-state index contributed by atoms with van der Waals surface area (Å²) in [6, 6.07) is 16.5. The number of aryl methyl sites for hydroxylation is 1. The van der Waals surface area contributed by atoms with Crippen LogP contribution >= 0.6 is 0 Å². The van der Waals surface area contributed by atoms with Gasteiger partial charge in [0.15, 0.2) is 11.5 Å². The number of amides is 1. The fourth-order valence-corrected chi connectivity index (χ4v) is 4.56. The molecule has 1 N–H and O–H groups in total. The number of Topliss-reactive ketones (excluding diaryl/α,β-unsaturated/α-hetero) is 1. The second-order valence-electron chi connectivity index (χ2n) is 8.48. The molecule has 1 unspecified atom stereocenters. The molecular formula is C28H25NO7. The molecule has 8 heteroatoms. The molecule has 2 aliphatic heterocycles. The van der Waals surface area contributed by atoms with Crippen LogP contribution in [0, 0.1) is 6.92 Å². The molecule has 0 aromatic heterocycles. The Labute approximate surface area is 208 Å². The van der Waals surface area contributed by atoms with Gasteiger partial charge < -0.3 is 24.1 Å². The molecule has 2 heterocycles.